The van der Waals surface area contributed by atoms with Crippen LogP contribution < -0.4 is 0 Å². The van der Waals surface area contributed by atoms with Crippen molar-refractivity contribution in [2.45, 2.75) is 37.4 Å². The van der Waals surface area contributed by atoms with Gasteiger partial charge in [0.05, 0.1) is 5.75 Å². The van der Waals surface area contributed by atoms with Crippen LogP contribution in [0.15, 0.2) is 28.7 Å². The lowest BCUT2D eigenvalue weighted by Gasteiger charge is -2.20. The Morgan fingerprint density at radius 2 is 2.05 bits per heavy atom. The van der Waals surface area contributed by atoms with E-state index in [1.807, 2.05) is 12.1 Å². The molecule has 0 amide bonds. The molecule has 1 aromatic heterocycles. The smallest absolute Gasteiger partial charge is 0.207 e. The molecule has 0 saturated heterocycles. The van der Waals surface area contributed by atoms with Crippen LogP contribution in [0.1, 0.15) is 42.7 Å². The molecule has 0 aliphatic heterocycles. The Labute approximate surface area is 127 Å². The second kappa shape index (κ2) is 6.23. The second-order valence-corrected chi connectivity index (χ2v) is 7.01. The summed E-state index contributed by atoms with van der Waals surface area (Å²) in [6, 6.07) is 7.21. The van der Waals surface area contributed by atoms with Crippen molar-refractivity contribution in [2.24, 2.45) is 0 Å². The van der Waals surface area contributed by atoms with Crippen molar-refractivity contribution in [1.82, 2.24) is 0 Å². The van der Waals surface area contributed by atoms with Gasteiger partial charge in [-0.2, -0.15) is 11.8 Å². The SMILES string of the molecule is O=C(CSC1CCCCC1)c1cc2cc(Cl)ccc2o1. The maximum atomic E-state index is 12.2. The van der Waals surface area contributed by atoms with Crippen molar-refractivity contribution >= 4 is 40.1 Å². The number of carbonyl (C=O) groups is 1. The van der Waals surface area contributed by atoms with Gasteiger partial charge in [0, 0.05) is 15.7 Å². The fourth-order valence-corrected chi connectivity index (χ4v) is 4.02. The standard InChI is InChI=1S/C16H17ClO2S/c17-12-6-7-15-11(8-12)9-16(19-15)14(18)10-20-13-4-2-1-3-5-13/h6-9,13H,1-5,10H2. The van der Waals surface area contributed by atoms with Gasteiger partial charge in [0.15, 0.2) is 5.76 Å². The van der Waals surface area contributed by atoms with Crippen LogP contribution in [-0.4, -0.2) is 16.8 Å². The Balaban J connectivity index is 1.65. The molecule has 0 bridgehead atoms. The Hall–Kier alpha value is -0.930. The summed E-state index contributed by atoms with van der Waals surface area (Å²) >= 11 is 7.72. The van der Waals surface area contributed by atoms with Gasteiger partial charge in [-0.25, -0.2) is 0 Å². The molecule has 1 heterocycles. The first-order valence-electron chi connectivity index (χ1n) is 7.06. The van der Waals surface area contributed by atoms with Gasteiger partial charge in [-0.1, -0.05) is 30.9 Å². The van der Waals surface area contributed by atoms with Gasteiger partial charge in [-0.15, -0.1) is 0 Å². The van der Waals surface area contributed by atoms with Crippen LogP contribution in [0.25, 0.3) is 11.0 Å². The van der Waals surface area contributed by atoms with Crippen molar-refractivity contribution in [1.29, 1.82) is 0 Å². The van der Waals surface area contributed by atoms with Crippen LogP contribution in [0, 0.1) is 0 Å². The van der Waals surface area contributed by atoms with Gasteiger partial charge < -0.3 is 4.42 Å². The summed E-state index contributed by atoms with van der Waals surface area (Å²) in [4.78, 5) is 12.2. The van der Waals surface area contributed by atoms with Gasteiger partial charge in [-0.3, -0.25) is 4.79 Å². The molecular formula is C16H17ClO2S. The molecule has 1 aliphatic rings. The highest BCUT2D eigenvalue weighted by atomic mass is 35.5. The van der Waals surface area contributed by atoms with E-state index in [2.05, 4.69) is 0 Å². The molecule has 1 aliphatic carbocycles. The second-order valence-electron chi connectivity index (χ2n) is 5.29. The minimum atomic E-state index is 0.0768. The summed E-state index contributed by atoms with van der Waals surface area (Å²) in [6.07, 6.45) is 6.43. The van der Waals surface area contributed by atoms with Gasteiger partial charge in [0.25, 0.3) is 0 Å². The minimum absolute atomic E-state index is 0.0768. The number of ketones is 1. The van der Waals surface area contributed by atoms with Gasteiger partial charge in [0.2, 0.25) is 5.78 Å². The van der Waals surface area contributed by atoms with Crippen LogP contribution in [0.5, 0.6) is 0 Å². The summed E-state index contributed by atoms with van der Waals surface area (Å²) < 4.78 is 5.60. The van der Waals surface area contributed by atoms with Crippen LogP contribution in [0.3, 0.4) is 0 Å². The van der Waals surface area contributed by atoms with Crippen LogP contribution >= 0.6 is 23.4 Å². The number of rotatable bonds is 4. The Bertz CT molecular complexity index is 614. The normalized spacial score (nSPS) is 16.6. The minimum Gasteiger partial charge on any atom is -0.453 e. The molecule has 0 atom stereocenters. The molecule has 20 heavy (non-hydrogen) atoms. The number of carbonyl (C=O) groups excluding carboxylic acids is 1. The molecule has 0 unspecified atom stereocenters. The fourth-order valence-electron chi connectivity index (χ4n) is 2.65. The molecule has 1 aromatic carbocycles. The van der Waals surface area contributed by atoms with E-state index in [4.69, 9.17) is 16.0 Å². The van der Waals surface area contributed by atoms with E-state index >= 15 is 0 Å². The summed E-state index contributed by atoms with van der Waals surface area (Å²) in [5.74, 6) is 1.04. The highest BCUT2D eigenvalue weighted by Crippen LogP contribution is 2.29. The van der Waals surface area contributed by atoms with Crippen LogP contribution in [0.2, 0.25) is 5.02 Å². The topological polar surface area (TPSA) is 30.2 Å². The quantitative estimate of drug-likeness (QED) is 0.715. The zero-order chi connectivity index (χ0) is 13.9. The number of hydrogen-bond donors (Lipinski definition) is 0. The third kappa shape index (κ3) is 3.21. The van der Waals surface area contributed by atoms with Gasteiger partial charge in [-0.05, 0) is 37.1 Å². The molecule has 0 spiro atoms. The van der Waals surface area contributed by atoms with Gasteiger partial charge >= 0.3 is 0 Å². The molecule has 2 aromatic rings. The number of furan rings is 1. The Morgan fingerprint density at radius 1 is 1.25 bits per heavy atom. The maximum absolute atomic E-state index is 12.2. The molecule has 0 N–H and O–H groups in total. The fraction of sp³-hybridized carbons (Fsp3) is 0.438. The molecule has 1 saturated carbocycles. The zero-order valence-corrected chi connectivity index (χ0v) is 12.8. The first-order chi connectivity index (χ1) is 9.72. The van der Waals surface area contributed by atoms with Crippen molar-refractivity contribution in [3.63, 3.8) is 0 Å². The first-order valence-corrected chi connectivity index (χ1v) is 8.49. The van der Waals surface area contributed by atoms with E-state index in [-0.39, 0.29) is 5.78 Å². The zero-order valence-electron chi connectivity index (χ0n) is 11.2. The van der Waals surface area contributed by atoms with Crippen molar-refractivity contribution in [3.8, 4) is 0 Å². The summed E-state index contributed by atoms with van der Waals surface area (Å²) in [7, 11) is 0. The van der Waals surface area contributed by atoms with E-state index in [1.165, 1.54) is 32.1 Å². The maximum Gasteiger partial charge on any atom is 0.207 e. The highest BCUT2D eigenvalue weighted by Gasteiger charge is 2.18. The van der Waals surface area contributed by atoms with Crippen LogP contribution in [-0.2, 0) is 0 Å². The monoisotopic (exact) mass is 308 g/mol. The first kappa shape index (κ1) is 14.0. The van der Waals surface area contributed by atoms with Gasteiger partial charge in [0.1, 0.15) is 5.58 Å². The lowest BCUT2D eigenvalue weighted by Crippen LogP contribution is -2.11. The molecule has 2 nitrogen and oxygen atoms in total. The molecule has 4 heteroatoms. The van der Waals surface area contributed by atoms with E-state index in [9.17, 15) is 4.79 Å². The summed E-state index contributed by atoms with van der Waals surface area (Å²) in [5, 5.41) is 2.20. The number of hydrogen-bond acceptors (Lipinski definition) is 3. The molecule has 3 rings (SSSR count). The summed E-state index contributed by atoms with van der Waals surface area (Å²) in [5.41, 5.74) is 0.723. The molecule has 106 valence electrons. The Kier molecular flexibility index (Phi) is 4.37. The van der Waals surface area contributed by atoms with Crippen molar-refractivity contribution in [3.05, 3.63) is 35.0 Å². The highest BCUT2D eigenvalue weighted by molar-refractivity contribution is 8.00. The molecule has 0 radical (unpaired) electrons. The Morgan fingerprint density at radius 3 is 2.85 bits per heavy atom. The van der Waals surface area contributed by atoms with E-state index in [0.29, 0.717) is 21.8 Å². The largest absolute Gasteiger partial charge is 0.453 e. The van der Waals surface area contributed by atoms with E-state index in [0.717, 1.165) is 11.0 Å². The number of fused-ring (bicyclic) bond motifs is 1. The average Bonchev–Trinajstić information content (AvgIpc) is 2.89. The third-order valence-corrected chi connectivity index (χ3v) is 5.36. The lowest BCUT2D eigenvalue weighted by atomic mass is 10.0. The van der Waals surface area contributed by atoms with Crippen LogP contribution in [0.4, 0.5) is 0 Å². The number of thioether (sulfide) groups is 1. The number of halogens is 1. The molecular weight excluding hydrogens is 292 g/mol. The number of Topliss-reactive ketones (excluding diaryl/α,β-unsaturated/α-hetero) is 1. The predicted molar refractivity (Wildman–Crippen MR) is 84.9 cm³/mol. The third-order valence-electron chi connectivity index (χ3n) is 3.76. The summed E-state index contributed by atoms with van der Waals surface area (Å²) in [6.45, 7) is 0. The van der Waals surface area contributed by atoms with Crippen molar-refractivity contribution in [2.75, 3.05) is 5.75 Å². The molecule has 1 fully saturated rings. The van der Waals surface area contributed by atoms with E-state index in [1.54, 1.807) is 23.9 Å². The number of benzene rings is 1. The average molecular weight is 309 g/mol. The lowest BCUT2D eigenvalue weighted by molar-refractivity contribution is 0.0994. The van der Waals surface area contributed by atoms with Crippen molar-refractivity contribution < 1.29 is 9.21 Å². The van der Waals surface area contributed by atoms with E-state index < -0.39 is 0 Å². The predicted octanol–water partition coefficient (Wildman–Crippen LogP) is 5.33.